The summed E-state index contributed by atoms with van der Waals surface area (Å²) in [5, 5.41) is 0. The minimum Gasteiger partial charge on any atom is -0.398 e. The van der Waals surface area contributed by atoms with E-state index in [1.165, 1.54) is 0 Å². The minimum absolute atomic E-state index is 0.232. The van der Waals surface area contributed by atoms with Crippen molar-refractivity contribution in [1.82, 2.24) is 4.98 Å². The number of hydrogen-bond donors (Lipinski definition) is 1. The fraction of sp³-hybridized carbons (Fsp3) is 0.667. The molecule has 2 N–H and O–H groups in total. The molecule has 1 aromatic rings. The summed E-state index contributed by atoms with van der Waals surface area (Å²) < 4.78 is 12.7. The fourth-order valence-electron chi connectivity index (χ4n) is 3.45. The summed E-state index contributed by atoms with van der Waals surface area (Å²) in [5.74, 6) is 0. The van der Waals surface area contributed by atoms with Crippen LogP contribution in [-0.4, -0.2) is 23.3 Å². The van der Waals surface area contributed by atoms with Crippen molar-refractivity contribution in [2.45, 2.75) is 64.6 Å². The Hall–Kier alpha value is -1.07. The van der Waals surface area contributed by atoms with Crippen LogP contribution in [0, 0.1) is 0 Å². The lowest BCUT2D eigenvalue weighted by atomic mass is 9.75. The summed E-state index contributed by atoms with van der Waals surface area (Å²) in [5.41, 5.74) is 6.68. The number of rotatable bonds is 5. The third-order valence-electron chi connectivity index (χ3n) is 4.83. The molecule has 0 amide bonds. The molecule has 110 valence electrons. The van der Waals surface area contributed by atoms with Crippen LogP contribution in [0.2, 0.25) is 0 Å². The van der Waals surface area contributed by atoms with Gasteiger partial charge in [-0.3, -0.25) is 4.98 Å². The lowest BCUT2D eigenvalue weighted by Gasteiger charge is -2.42. The van der Waals surface area contributed by atoms with Gasteiger partial charge in [0.1, 0.15) is 0 Å². The van der Waals surface area contributed by atoms with Gasteiger partial charge < -0.3 is 15.0 Å². The molecule has 0 atom stereocenters. The minimum atomic E-state index is -0.393. The molecule has 0 bridgehead atoms. The molecule has 0 aliphatic carbocycles. The summed E-state index contributed by atoms with van der Waals surface area (Å²) in [7, 11) is -0.393. The maximum atomic E-state index is 6.35. The number of pyridine rings is 1. The van der Waals surface area contributed by atoms with E-state index in [1.807, 2.05) is 12.1 Å². The predicted molar refractivity (Wildman–Crippen MR) is 82.8 cm³/mol. The Bertz CT molecular complexity index is 422. The molecule has 1 fully saturated rings. The van der Waals surface area contributed by atoms with Crippen LogP contribution < -0.4 is 11.3 Å². The molecule has 1 aliphatic heterocycles. The van der Waals surface area contributed by atoms with Crippen molar-refractivity contribution in [1.29, 1.82) is 0 Å². The van der Waals surface area contributed by atoms with Gasteiger partial charge in [-0.1, -0.05) is 27.7 Å². The zero-order valence-corrected chi connectivity index (χ0v) is 13.0. The number of anilines is 1. The molecule has 20 heavy (non-hydrogen) atoms. The van der Waals surface area contributed by atoms with Gasteiger partial charge in [-0.2, -0.15) is 0 Å². The summed E-state index contributed by atoms with van der Waals surface area (Å²) in [6.07, 6.45) is 5.42. The third-order valence-corrected chi connectivity index (χ3v) is 4.83. The largest absolute Gasteiger partial charge is 0.514 e. The first kappa shape index (κ1) is 15.3. The Morgan fingerprint density at radius 2 is 1.50 bits per heavy atom. The highest BCUT2D eigenvalue weighted by Crippen LogP contribution is 2.46. The van der Waals surface area contributed by atoms with Crippen LogP contribution in [0.1, 0.15) is 53.4 Å². The van der Waals surface area contributed by atoms with Crippen molar-refractivity contribution in [3.8, 4) is 0 Å². The lowest BCUT2D eigenvalue weighted by molar-refractivity contribution is -0.0601. The molecule has 4 nitrogen and oxygen atoms in total. The number of nitrogens with zero attached hydrogens (tertiary/aromatic N) is 1. The summed E-state index contributed by atoms with van der Waals surface area (Å²) in [4.78, 5) is 4.35. The molecule has 1 aliphatic rings. The second-order valence-electron chi connectivity index (χ2n) is 5.49. The molecule has 0 saturated carbocycles. The molecular weight excluding hydrogens is 251 g/mol. The molecule has 5 heteroatoms. The summed E-state index contributed by atoms with van der Waals surface area (Å²) in [6.45, 7) is 8.69. The van der Waals surface area contributed by atoms with E-state index in [9.17, 15) is 0 Å². The second kappa shape index (κ2) is 5.74. The molecule has 2 rings (SSSR count). The normalized spacial score (nSPS) is 20.3. The summed E-state index contributed by atoms with van der Waals surface area (Å²) in [6, 6.07) is 3.73. The number of nitrogens with two attached hydrogens (primary N) is 1. The average Bonchev–Trinajstić information content (AvgIpc) is 2.83. The summed E-state index contributed by atoms with van der Waals surface area (Å²) >= 11 is 0. The van der Waals surface area contributed by atoms with Gasteiger partial charge in [-0.05, 0) is 37.8 Å². The molecule has 0 spiro atoms. The smallest absolute Gasteiger partial charge is 0.398 e. The van der Waals surface area contributed by atoms with E-state index in [4.69, 9.17) is 15.0 Å². The number of hydrogen-bond acceptors (Lipinski definition) is 4. The highest BCUT2D eigenvalue weighted by atomic mass is 16.7. The monoisotopic (exact) mass is 276 g/mol. The Labute approximate surface area is 122 Å². The standard InChI is InChI=1S/C15H25BN2O2/c1-5-14(6-2)15(7-3,8-4)20-16(19-14)13-10-9-12(17)11-18-13/h9-11H,5-8,17H2,1-4H3. The molecule has 0 radical (unpaired) electrons. The first-order chi connectivity index (χ1) is 9.56. The van der Waals surface area contributed by atoms with Crippen LogP contribution in [0.15, 0.2) is 18.3 Å². The van der Waals surface area contributed by atoms with Crippen LogP contribution in [0.4, 0.5) is 5.69 Å². The van der Waals surface area contributed by atoms with Gasteiger partial charge in [-0.15, -0.1) is 0 Å². The third kappa shape index (κ3) is 2.23. The Balaban J connectivity index is 2.35. The van der Waals surface area contributed by atoms with Crippen LogP contribution in [0.3, 0.4) is 0 Å². The Kier molecular flexibility index (Phi) is 4.40. The van der Waals surface area contributed by atoms with Crippen LogP contribution in [-0.2, 0) is 9.31 Å². The van der Waals surface area contributed by atoms with Gasteiger partial charge in [0.2, 0.25) is 0 Å². The van der Waals surface area contributed by atoms with Gasteiger partial charge in [-0.25, -0.2) is 0 Å². The van der Waals surface area contributed by atoms with E-state index in [2.05, 4.69) is 32.7 Å². The van der Waals surface area contributed by atoms with E-state index >= 15 is 0 Å². The van der Waals surface area contributed by atoms with Gasteiger partial charge in [0.15, 0.2) is 0 Å². The Morgan fingerprint density at radius 1 is 1.00 bits per heavy atom. The van der Waals surface area contributed by atoms with E-state index < -0.39 is 7.12 Å². The van der Waals surface area contributed by atoms with E-state index in [0.717, 1.165) is 31.3 Å². The average molecular weight is 276 g/mol. The lowest BCUT2D eigenvalue weighted by Crippen LogP contribution is -2.50. The van der Waals surface area contributed by atoms with Gasteiger partial charge in [0.25, 0.3) is 0 Å². The maximum Gasteiger partial charge on any atom is 0.514 e. The molecule has 2 heterocycles. The van der Waals surface area contributed by atoms with Gasteiger partial charge >= 0.3 is 7.12 Å². The van der Waals surface area contributed by atoms with Crippen molar-refractivity contribution >= 4 is 18.4 Å². The van der Waals surface area contributed by atoms with Crippen LogP contribution >= 0.6 is 0 Å². The second-order valence-corrected chi connectivity index (χ2v) is 5.49. The van der Waals surface area contributed by atoms with Crippen LogP contribution in [0.25, 0.3) is 0 Å². The quantitative estimate of drug-likeness (QED) is 0.839. The SMILES string of the molecule is CCC1(CC)OB(c2ccc(N)cn2)OC1(CC)CC. The van der Waals surface area contributed by atoms with Crippen LogP contribution in [0.5, 0.6) is 0 Å². The van der Waals surface area contributed by atoms with E-state index in [-0.39, 0.29) is 11.2 Å². The Morgan fingerprint density at radius 3 is 1.85 bits per heavy atom. The van der Waals surface area contributed by atoms with Gasteiger partial charge in [0.05, 0.1) is 16.8 Å². The molecule has 0 unspecified atom stereocenters. The predicted octanol–water partition coefficient (Wildman–Crippen LogP) is 2.52. The first-order valence-corrected chi connectivity index (χ1v) is 7.63. The topological polar surface area (TPSA) is 57.4 Å². The number of nitrogen functional groups attached to an aromatic ring is 1. The zero-order valence-electron chi connectivity index (χ0n) is 13.0. The fourth-order valence-corrected chi connectivity index (χ4v) is 3.45. The molecular formula is C15H25BN2O2. The van der Waals surface area contributed by atoms with Crippen molar-refractivity contribution < 1.29 is 9.31 Å². The van der Waals surface area contributed by atoms with Gasteiger partial charge in [0, 0.05) is 11.9 Å². The first-order valence-electron chi connectivity index (χ1n) is 7.63. The number of aromatic nitrogens is 1. The maximum absolute atomic E-state index is 6.35. The van der Waals surface area contributed by atoms with E-state index in [0.29, 0.717) is 5.69 Å². The highest BCUT2D eigenvalue weighted by Gasteiger charge is 2.58. The molecule has 0 aromatic carbocycles. The van der Waals surface area contributed by atoms with Crippen molar-refractivity contribution in [2.75, 3.05) is 5.73 Å². The molecule has 1 aromatic heterocycles. The van der Waals surface area contributed by atoms with Crippen molar-refractivity contribution in [3.05, 3.63) is 18.3 Å². The zero-order chi connectivity index (χ0) is 14.8. The molecule has 1 saturated heterocycles. The highest BCUT2D eigenvalue weighted by molar-refractivity contribution is 6.61. The van der Waals surface area contributed by atoms with E-state index in [1.54, 1.807) is 6.20 Å². The van der Waals surface area contributed by atoms with Crippen molar-refractivity contribution in [2.24, 2.45) is 0 Å². The van der Waals surface area contributed by atoms with Crippen molar-refractivity contribution in [3.63, 3.8) is 0 Å².